The molecule has 0 aliphatic heterocycles. The van der Waals surface area contributed by atoms with Gasteiger partial charge in [0.1, 0.15) is 6.04 Å². The number of nitriles is 1. The van der Waals surface area contributed by atoms with Crippen LogP contribution < -0.4 is 5.32 Å². The van der Waals surface area contributed by atoms with Crippen LogP contribution in [-0.4, -0.2) is 17.6 Å². The van der Waals surface area contributed by atoms with Crippen LogP contribution in [0.5, 0.6) is 0 Å². The van der Waals surface area contributed by atoms with Crippen LogP contribution in [0.3, 0.4) is 0 Å². The van der Waals surface area contributed by atoms with E-state index in [0.29, 0.717) is 0 Å². The molecular weight excluding hydrogens is 171 g/mol. The quantitative estimate of drug-likeness (QED) is 0.724. The maximum Gasteiger partial charge on any atom is 0.258 e. The third kappa shape index (κ3) is 3.88. The predicted molar refractivity (Wildman–Crippen MR) is 47.6 cm³/mol. The standard InChI is InChI=1S/C9H15FN2O/c1-6(2)7(5-11)12-8(13)9(3,4)10/h6-7H,1-4H3,(H,12,13). The summed E-state index contributed by atoms with van der Waals surface area (Å²) in [4.78, 5) is 11.1. The van der Waals surface area contributed by atoms with Crippen molar-refractivity contribution in [1.29, 1.82) is 5.26 Å². The Labute approximate surface area is 77.9 Å². The van der Waals surface area contributed by atoms with Crippen molar-refractivity contribution in [2.75, 3.05) is 0 Å². The minimum Gasteiger partial charge on any atom is -0.337 e. The monoisotopic (exact) mass is 186 g/mol. The molecule has 0 aromatic rings. The Kier molecular flexibility index (Phi) is 3.86. The van der Waals surface area contributed by atoms with E-state index in [1.54, 1.807) is 13.8 Å². The van der Waals surface area contributed by atoms with Gasteiger partial charge in [-0.05, 0) is 19.8 Å². The van der Waals surface area contributed by atoms with Gasteiger partial charge in [-0.3, -0.25) is 4.79 Å². The lowest BCUT2D eigenvalue weighted by atomic mass is 10.0. The number of halogens is 1. The SMILES string of the molecule is CC(C)C(C#N)NC(=O)C(C)(C)F. The van der Waals surface area contributed by atoms with Crippen LogP contribution in [-0.2, 0) is 4.79 Å². The van der Waals surface area contributed by atoms with Crippen molar-refractivity contribution in [3.05, 3.63) is 0 Å². The number of carbonyl (C=O) groups is 1. The first-order valence-corrected chi connectivity index (χ1v) is 4.18. The highest BCUT2D eigenvalue weighted by molar-refractivity contribution is 5.84. The van der Waals surface area contributed by atoms with Gasteiger partial charge in [0.2, 0.25) is 0 Å². The first-order chi connectivity index (χ1) is 5.79. The molecule has 1 atom stereocenters. The number of amides is 1. The van der Waals surface area contributed by atoms with Crippen LogP contribution in [0.4, 0.5) is 4.39 Å². The first kappa shape index (κ1) is 11.9. The van der Waals surface area contributed by atoms with Gasteiger partial charge in [0.25, 0.3) is 5.91 Å². The molecule has 0 bridgehead atoms. The van der Waals surface area contributed by atoms with E-state index in [4.69, 9.17) is 5.26 Å². The Hall–Kier alpha value is -1.11. The van der Waals surface area contributed by atoms with Gasteiger partial charge in [-0.2, -0.15) is 5.26 Å². The van der Waals surface area contributed by atoms with Crippen LogP contribution in [0.1, 0.15) is 27.7 Å². The first-order valence-electron chi connectivity index (χ1n) is 4.18. The Bertz CT molecular complexity index is 225. The van der Waals surface area contributed by atoms with Gasteiger partial charge >= 0.3 is 0 Å². The number of hydrogen-bond donors (Lipinski definition) is 1. The molecule has 0 heterocycles. The Morgan fingerprint density at radius 2 is 2.00 bits per heavy atom. The predicted octanol–water partition coefficient (Wildman–Crippen LogP) is 1.40. The molecule has 1 unspecified atom stereocenters. The molecule has 74 valence electrons. The zero-order valence-corrected chi connectivity index (χ0v) is 8.39. The molecule has 0 radical (unpaired) electrons. The second-order valence-corrected chi connectivity index (χ2v) is 3.80. The summed E-state index contributed by atoms with van der Waals surface area (Å²) in [5, 5.41) is 11.0. The zero-order valence-electron chi connectivity index (χ0n) is 8.39. The van der Waals surface area contributed by atoms with Gasteiger partial charge in [0.15, 0.2) is 5.67 Å². The summed E-state index contributed by atoms with van der Waals surface area (Å²) in [5.74, 6) is -0.760. The molecule has 4 heteroatoms. The number of alkyl halides is 1. The summed E-state index contributed by atoms with van der Waals surface area (Å²) < 4.78 is 13.0. The van der Waals surface area contributed by atoms with Crippen molar-refractivity contribution >= 4 is 5.91 Å². The summed E-state index contributed by atoms with van der Waals surface area (Å²) in [6, 6.07) is 1.28. The largest absolute Gasteiger partial charge is 0.337 e. The number of hydrogen-bond acceptors (Lipinski definition) is 2. The van der Waals surface area contributed by atoms with E-state index in [-0.39, 0.29) is 5.92 Å². The lowest BCUT2D eigenvalue weighted by Gasteiger charge is -2.19. The molecule has 0 aromatic carbocycles. The molecule has 13 heavy (non-hydrogen) atoms. The molecule has 0 spiro atoms. The van der Waals surface area contributed by atoms with E-state index < -0.39 is 17.6 Å². The second kappa shape index (κ2) is 4.22. The molecule has 0 fully saturated rings. The molecule has 1 amide bonds. The van der Waals surface area contributed by atoms with Crippen LogP contribution in [0.25, 0.3) is 0 Å². The third-order valence-electron chi connectivity index (χ3n) is 1.63. The number of nitrogens with zero attached hydrogens (tertiary/aromatic N) is 1. The molecule has 0 aliphatic carbocycles. The highest BCUT2D eigenvalue weighted by Gasteiger charge is 2.29. The van der Waals surface area contributed by atoms with Gasteiger partial charge in [-0.15, -0.1) is 0 Å². The Balaban J connectivity index is 4.29. The molecule has 1 N–H and O–H groups in total. The lowest BCUT2D eigenvalue weighted by Crippen LogP contribution is -2.45. The molecule has 0 saturated heterocycles. The molecule has 0 rings (SSSR count). The molecule has 0 aliphatic rings. The zero-order chi connectivity index (χ0) is 10.6. The number of rotatable bonds is 3. The Morgan fingerprint density at radius 1 is 1.54 bits per heavy atom. The van der Waals surface area contributed by atoms with Crippen molar-refractivity contribution in [2.45, 2.75) is 39.4 Å². The van der Waals surface area contributed by atoms with Crippen LogP contribution in [0.15, 0.2) is 0 Å². The van der Waals surface area contributed by atoms with Gasteiger partial charge < -0.3 is 5.32 Å². The van der Waals surface area contributed by atoms with Crippen LogP contribution in [0, 0.1) is 17.2 Å². The van der Waals surface area contributed by atoms with Crippen molar-refractivity contribution in [3.8, 4) is 6.07 Å². The number of nitrogens with one attached hydrogen (secondary N) is 1. The van der Waals surface area contributed by atoms with Crippen molar-refractivity contribution < 1.29 is 9.18 Å². The van der Waals surface area contributed by atoms with Gasteiger partial charge in [0.05, 0.1) is 6.07 Å². The lowest BCUT2D eigenvalue weighted by molar-refractivity contribution is -0.131. The fourth-order valence-corrected chi connectivity index (χ4v) is 0.661. The number of carbonyl (C=O) groups excluding carboxylic acids is 1. The van der Waals surface area contributed by atoms with Crippen molar-refractivity contribution in [2.24, 2.45) is 5.92 Å². The van der Waals surface area contributed by atoms with Gasteiger partial charge in [0, 0.05) is 0 Å². The minimum atomic E-state index is -1.93. The van der Waals surface area contributed by atoms with Gasteiger partial charge in [-0.25, -0.2) is 4.39 Å². The van der Waals surface area contributed by atoms with E-state index in [9.17, 15) is 9.18 Å². The maximum atomic E-state index is 13.0. The van der Waals surface area contributed by atoms with E-state index in [1.807, 2.05) is 6.07 Å². The van der Waals surface area contributed by atoms with Crippen LogP contribution in [0.2, 0.25) is 0 Å². The molecule has 0 aromatic heterocycles. The summed E-state index contributed by atoms with van der Waals surface area (Å²) in [5.41, 5.74) is -1.93. The fraction of sp³-hybridized carbons (Fsp3) is 0.778. The van der Waals surface area contributed by atoms with Crippen molar-refractivity contribution in [1.82, 2.24) is 5.32 Å². The topological polar surface area (TPSA) is 52.9 Å². The second-order valence-electron chi connectivity index (χ2n) is 3.80. The van der Waals surface area contributed by atoms with E-state index >= 15 is 0 Å². The maximum absolute atomic E-state index is 13.0. The molecule has 0 saturated carbocycles. The normalized spacial score (nSPS) is 13.6. The van der Waals surface area contributed by atoms with E-state index in [0.717, 1.165) is 13.8 Å². The molecule has 3 nitrogen and oxygen atoms in total. The Morgan fingerprint density at radius 3 is 2.23 bits per heavy atom. The summed E-state index contributed by atoms with van der Waals surface area (Å²) in [7, 11) is 0. The summed E-state index contributed by atoms with van der Waals surface area (Å²) in [6.07, 6.45) is 0. The molecular formula is C9H15FN2O. The smallest absolute Gasteiger partial charge is 0.258 e. The van der Waals surface area contributed by atoms with Crippen molar-refractivity contribution in [3.63, 3.8) is 0 Å². The fourth-order valence-electron chi connectivity index (χ4n) is 0.661. The summed E-state index contributed by atoms with van der Waals surface area (Å²) in [6.45, 7) is 5.91. The summed E-state index contributed by atoms with van der Waals surface area (Å²) >= 11 is 0. The van der Waals surface area contributed by atoms with E-state index in [1.165, 1.54) is 0 Å². The highest BCUT2D eigenvalue weighted by atomic mass is 19.1. The van der Waals surface area contributed by atoms with Crippen LogP contribution >= 0.6 is 0 Å². The average Bonchev–Trinajstić information content (AvgIpc) is 1.96. The highest BCUT2D eigenvalue weighted by Crippen LogP contribution is 2.09. The van der Waals surface area contributed by atoms with E-state index in [2.05, 4.69) is 5.32 Å². The minimum absolute atomic E-state index is 0.0173. The third-order valence-corrected chi connectivity index (χ3v) is 1.63. The average molecular weight is 186 g/mol. The van der Waals surface area contributed by atoms with Gasteiger partial charge in [-0.1, -0.05) is 13.8 Å².